The number of aromatic hydroxyl groups is 3. The van der Waals surface area contributed by atoms with E-state index in [1.54, 1.807) is 0 Å². The molecule has 0 aromatic heterocycles. The number of amides is 9. The highest BCUT2D eigenvalue weighted by molar-refractivity contribution is 6.05. The monoisotopic (exact) mass is 1660 g/mol. The summed E-state index contributed by atoms with van der Waals surface area (Å²) in [5, 5.41) is 47.0. The highest BCUT2D eigenvalue weighted by Gasteiger charge is 2.61. The van der Waals surface area contributed by atoms with Crippen molar-refractivity contribution in [1.82, 2.24) is 16.0 Å². The number of methoxy groups -OCH3 is 3. The molecule has 0 aliphatic heterocycles. The Morgan fingerprint density at radius 3 is 1.32 bits per heavy atom. The van der Waals surface area contributed by atoms with E-state index in [-0.39, 0.29) is 210 Å². The van der Waals surface area contributed by atoms with Crippen LogP contribution in [0.4, 0.5) is 17.1 Å². The molecule has 656 valence electrons. The second-order valence-electron chi connectivity index (χ2n) is 30.0. The third kappa shape index (κ3) is 30.3. The molecule has 3 aliphatic rings. The molecule has 0 spiro atoms. The molecule has 0 bridgehead atoms. The average Bonchev–Trinajstić information content (AvgIpc) is 1.54. The maximum atomic E-state index is 14.1. The van der Waals surface area contributed by atoms with Crippen LogP contribution in [0.1, 0.15) is 194 Å². The molecule has 0 radical (unpaired) electrons. The Bertz CT molecular complexity index is 3860. The van der Waals surface area contributed by atoms with Gasteiger partial charge >= 0.3 is 17.9 Å². The second kappa shape index (κ2) is 49.9. The molecule has 36 nitrogen and oxygen atoms in total. The van der Waals surface area contributed by atoms with E-state index in [2.05, 4.69) is 45.7 Å². The second-order valence-corrected chi connectivity index (χ2v) is 30.0. The fourth-order valence-electron chi connectivity index (χ4n) is 16.0. The number of phenols is 3. The molecule has 9 amide bonds. The number of ether oxygens (including phenoxy) is 12. The molecule has 9 atom stereocenters. The lowest BCUT2D eigenvalue weighted by atomic mass is 9.51. The highest BCUT2D eigenvalue weighted by atomic mass is 16.6. The number of nitrogens with one attached hydrogen (secondary N) is 6. The van der Waals surface area contributed by atoms with E-state index in [4.69, 9.17) is 74.0 Å². The number of benzene rings is 3. The lowest BCUT2D eigenvalue weighted by Crippen LogP contribution is -2.53. The van der Waals surface area contributed by atoms with E-state index in [0.29, 0.717) is 32.1 Å². The first-order valence-electron chi connectivity index (χ1n) is 40.4. The molecule has 36 heteroatoms. The summed E-state index contributed by atoms with van der Waals surface area (Å²) in [5.41, 5.74) is 13.8. The molecule has 3 aromatic rings. The Morgan fingerprint density at radius 1 is 0.492 bits per heavy atom. The zero-order valence-electron chi connectivity index (χ0n) is 68.8. The lowest BCUT2D eigenvalue weighted by molar-refractivity contribution is -0.178. The summed E-state index contributed by atoms with van der Waals surface area (Å²) in [6, 6.07) is 8.14. The molecule has 3 saturated carbocycles. The van der Waals surface area contributed by atoms with Crippen molar-refractivity contribution in [2.75, 3.05) is 136 Å². The van der Waals surface area contributed by atoms with Gasteiger partial charge in [-0.05, 0) is 137 Å². The number of rotatable bonds is 56. The van der Waals surface area contributed by atoms with E-state index >= 15 is 0 Å². The molecule has 0 saturated heterocycles. The number of primary amides is 3. The molecule has 3 aliphatic carbocycles. The van der Waals surface area contributed by atoms with Gasteiger partial charge < -0.3 is 121 Å². The van der Waals surface area contributed by atoms with Gasteiger partial charge in [0.2, 0.25) is 35.4 Å². The van der Waals surface area contributed by atoms with Gasteiger partial charge in [-0.25, -0.2) is 0 Å². The van der Waals surface area contributed by atoms with Crippen molar-refractivity contribution in [3.05, 3.63) is 53.1 Å². The van der Waals surface area contributed by atoms with Crippen molar-refractivity contribution in [3.8, 4) is 34.5 Å². The summed E-state index contributed by atoms with van der Waals surface area (Å²) in [7, 11) is 3.89. The Balaban J connectivity index is 1.01. The van der Waals surface area contributed by atoms with Crippen LogP contribution in [0.2, 0.25) is 0 Å². The first kappa shape index (κ1) is 96.7. The maximum absolute atomic E-state index is 14.1. The van der Waals surface area contributed by atoms with Crippen LogP contribution >= 0.6 is 0 Å². The van der Waals surface area contributed by atoms with Crippen molar-refractivity contribution >= 4 is 88.1 Å². The number of carbonyl (C=O) groups excluding carboxylic acids is 12. The van der Waals surface area contributed by atoms with Gasteiger partial charge in [-0.1, -0.05) is 52.9 Å². The molecule has 3 aromatic carbocycles. The number of nitrogens with two attached hydrogens (primary N) is 3. The molecular formula is C82H121N9O27. The van der Waals surface area contributed by atoms with Crippen molar-refractivity contribution in [3.63, 3.8) is 0 Å². The third-order valence-corrected chi connectivity index (χ3v) is 21.7. The van der Waals surface area contributed by atoms with Crippen molar-refractivity contribution in [1.29, 1.82) is 0 Å². The number of fused-ring (bicyclic) bond motifs is 3. The average molecular weight is 1660 g/mol. The minimum atomic E-state index is -0.956. The van der Waals surface area contributed by atoms with E-state index in [1.807, 2.05) is 13.8 Å². The summed E-state index contributed by atoms with van der Waals surface area (Å²) in [6.45, 7) is 8.18. The van der Waals surface area contributed by atoms with Gasteiger partial charge in [0, 0.05) is 44.8 Å². The Labute approximate surface area is 687 Å². The summed E-state index contributed by atoms with van der Waals surface area (Å²) in [5.74, 6) is -8.93. The van der Waals surface area contributed by atoms with Gasteiger partial charge in [-0.2, -0.15) is 0 Å². The van der Waals surface area contributed by atoms with Gasteiger partial charge in [0.15, 0.2) is 17.2 Å². The lowest BCUT2D eigenvalue weighted by Gasteiger charge is -2.55. The Hall–Kier alpha value is -10.1. The Kier molecular flexibility index (Phi) is 40.9. The zero-order valence-corrected chi connectivity index (χ0v) is 68.8. The van der Waals surface area contributed by atoms with Gasteiger partial charge in [-0.3, -0.25) is 57.5 Å². The normalized spacial score (nSPS) is 18.6. The van der Waals surface area contributed by atoms with Gasteiger partial charge in [0.05, 0.1) is 117 Å². The van der Waals surface area contributed by atoms with Crippen LogP contribution in [0.5, 0.6) is 34.5 Å². The summed E-state index contributed by atoms with van der Waals surface area (Å²) in [4.78, 5) is 154. The first-order chi connectivity index (χ1) is 56.5. The van der Waals surface area contributed by atoms with Crippen LogP contribution in [0.25, 0.3) is 0 Å². The number of hydrogen-bond donors (Lipinski definition) is 12. The first-order valence-corrected chi connectivity index (χ1v) is 40.4. The van der Waals surface area contributed by atoms with Crippen LogP contribution in [0, 0.1) is 35.0 Å². The topological polar surface area (TPSA) is 527 Å². The summed E-state index contributed by atoms with van der Waals surface area (Å²) < 4.78 is 67.3. The summed E-state index contributed by atoms with van der Waals surface area (Å²) in [6.07, 6.45) is 9.09. The van der Waals surface area contributed by atoms with Gasteiger partial charge in [0.1, 0.15) is 71.6 Å². The quantitative estimate of drug-likeness (QED) is 0.0128. The van der Waals surface area contributed by atoms with Gasteiger partial charge in [-0.15, -0.1) is 0 Å². The van der Waals surface area contributed by atoms with Crippen molar-refractivity contribution < 1.29 is 130 Å². The molecular weight excluding hydrogens is 1540 g/mol. The molecule has 0 unspecified atom stereocenters. The number of esters is 3. The highest BCUT2D eigenvalue weighted by Crippen LogP contribution is 2.65. The smallest absolute Gasteiger partial charge is 0.306 e. The molecule has 3 fully saturated rings. The SMILES string of the molecule is CCCCCC[C@](C)(OC(=O)CCC(=O)NCCOCCOCC(=O)Nc1ccc(OC)c(C(N)=O)c1O)[C@H]1CC[C@H]2[C@@H]3C[C@H](OC(=O)CCC(=O)NCCOCCOCC(=O)Nc4ccc(OC)c(C(N)=O)c4O)[C@@H](C[C@H](CCCC)OC(=O)CCC(=O)NCCOCCOCC(=O)Nc4ccc(OC)c(C(N)=O)c4O)C[C@H]3CC[C@@]21C. The Morgan fingerprint density at radius 2 is 0.907 bits per heavy atom. The zero-order chi connectivity index (χ0) is 86.3. The van der Waals surface area contributed by atoms with E-state index < -0.39 is 120 Å². The van der Waals surface area contributed by atoms with E-state index in [9.17, 15) is 72.9 Å². The molecule has 6 rings (SSSR count). The predicted molar refractivity (Wildman–Crippen MR) is 427 cm³/mol. The largest absolute Gasteiger partial charge is 0.505 e. The van der Waals surface area contributed by atoms with Gasteiger partial charge in [0.25, 0.3) is 17.7 Å². The maximum Gasteiger partial charge on any atom is 0.306 e. The minimum absolute atomic E-state index is 0.000305. The van der Waals surface area contributed by atoms with E-state index in [0.717, 1.165) is 64.2 Å². The van der Waals surface area contributed by atoms with Crippen molar-refractivity contribution in [2.24, 2.45) is 52.2 Å². The summed E-state index contributed by atoms with van der Waals surface area (Å²) >= 11 is 0. The molecule has 118 heavy (non-hydrogen) atoms. The van der Waals surface area contributed by atoms with Crippen LogP contribution in [-0.4, -0.2) is 224 Å². The molecule has 15 N–H and O–H groups in total. The van der Waals surface area contributed by atoms with E-state index in [1.165, 1.54) is 57.7 Å². The van der Waals surface area contributed by atoms with Crippen LogP contribution in [0.15, 0.2) is 36.4 Å². The molecule has 0 heterocycles. The number of anilines is 3. The fourth-order valence-corrected chi connectivity index (χ4v) is 16.0. The predicted octanol–water partition coefficient (Wildman–Crippen LogP) is 6.28. The van der Waals surface area contributed by atoms with Crippen LogP contribution in [-0.2, 0) is 85.8 Å². The fraction of sp³-hybridized carbons (Fsp3) is 0.634. The van der Waals surface area contributed by atoms with Crippen LogP contribution < -0.4 is 63.3 Å². The van der Waals surface area contributed by atoms with Crippen molar-refractivity contribution in [2.45, 2.75) is 180 Å². The standard InChI is InChI=1S/C82H121N9O27/c1-8-10-12-13-30-82(4,118-71(100)28-25-65(94)88-34-37-112-40-43-115-49-68(97)91-57-18-21-60(109-7)74(77(57)103)80(85)106)62-22-15-54-53-46-61(117-70(99)27-24-64(93)87-33-36-111-39-42-114-48-67(96)90-56-17-20-59(108-6)73(76(56)102)79(84)105)51(44-50(53)29-31-81(54,62)3)45-52(14-11-9-2)116-69(98)26-23-63(92)86-32-35-110-38-41-113-47-66(95)89-55-16-19-58(107-5)72(75(55)101)78(83)104/h16-21,50-54,61-62,101-103H,8-15,22-49H2,1-7H3,(H2,83,104)(H2,84,105)(H2,85,106)(H,86,92)(H,87,93)(H,88,94)(H,89,95)(H,90,96)(H,91,97)/t50-,51-,52+,53-,54+,61+,62+,81+,82+/m1/s1. The third-order valence-electron chi connectivity index (χ3n) is 21.7. The minimum Gasteiger partial charge on any atom is -0.505 e. The number of carbonyl (C=O) groups is 12. The van der Waals surface area contributed by atoms with Crippen LogP contribution in [0.3, 0.4) is 0 Å². The number of hydrogen-bond acceptors (Lipinski definition) is 27. The number of unbranched alkanes of at least 4 members (excludes halogenated alkanes) is 4.